The van der Waals surface area contributed by atoms with Crippen LogP contribution in [0.15, 0.2) is 28.2 Å². The van der Waals surface area contributed by atoms with Gasteiger partial charge >= 0.3 is 0 Å². The first kappa shape index (κ1) is 21.3. The minimum Gasteiger partial charge on any atom is -0.277 e. The summed E-state index contributed by atoms with van der Waals surface area (Å²) < 4.78 is 27.2. The van der Waals surface area contributed by atoms with Gasteiger partial charge in [0.05, 0.1) is 10.6 Å². The smallest absolute Gasteiger partial charge is 0.270 e. The molecule has 1 aliphatic carbocycles. The van der Waals surface area contributed by atoms with E-state index in [0.717, 1.165) is 37.5 Å². The van der Waals surface area contributed by atoms with Crippen molar-refractivity contribution < 1.29 is 13.3 Å². The van der Waals surface area contributed by atoms with Crippen LogP contribution in [0, 0.1) is 10.1 Å². The number of benzene rings is 1. The van der Waals surface area contributed by atoms with Gasteiger partial charge in [0.2, 0.25) is 10.0 Å². The number of hydrazone groups is 1. The molecule has 2 rings (SSSR count). The fourth-order valence-electron chi connectivity index (χ4n) is 3.20. The number of hydrogen-bond donors (Lipinski definition) is 1. The SMILES string of the molecule is CCN(CC)S(=O)(=O)c1cc([N+](=O)[O-])ccc1NN=C1CCCCCCC1. The maximum Gasteiger partial charge on any atom is 0.270 e. The summed E-state index contributed by atoms with van der Waals surface area (Å²) in [4.78, 5) is 10.4. The van der Waals surface area contributed by atoms with Gasteiger partial charge in [0.15, 0.2) is 0 Å². The van der Waals surface area contributed by atoms with Gasteiger partial charge in [0.1, 0.15) is 4.90 Å². The minimum atomic E-state index is -3.86. The van der Waals surface area contributed by atoms with Gasteiger partial charge in [-0.2, -0.15) is 9.41 Å². The molecule has 0 amide bonds. The largest absolute Gasteiger partial charge is 0.277 e. The van der Waals surface area contributed by atoms with Crippen molar-refractivity contribution in [3.05, 3.63) is 28.3 Å². The maximum atomic E-state index is 13.0. The lowest BCUT2D eigenvalue weighted by atomic mass is 9.99. The molecular formula is C18H28N4O4S. The number of nitro groups is 1. The fraction of sp³-hybridized carbons (Fsp3) is 0.611. The highest BCUT2D eigenvalue weighted by molar-refractivity contribution is 7.89. The van der Waals surface area contributed by atoms with Gasteiger partial charge in [0.25, 0.3) is 5.69 Å². The van der Waals surface area contributed by atoms with Crippen LogP contribution in [-0.2, 0) is 10.0 Å². The zero-order chi connectivity index (χ0) is 19.9. The Morgan fingerprint density at radius 3 is 2.26 bits per heavy atom. The molecule has 0 atom stereocenters. The van der Waals surface area contributed by atoms with Crippen LogP contribution in [0.25, 0.3) is 0 Å². The van der Waals surface area contributed by atoms with E-state index in [9.17, 15) is 18.5 Å². The first-order valence-electron chi connectivity index (χ1n) is 9.50. The van der Waals surface area contributed by atoms with Gasteiger partial charge in [-0.25, -0.2) is 8.42 Å². The molecule has 0 bridgehead atoms. The molecule has 150 valence electrons. The van der Waals surface area contributed by atoms with Crippen LogP contribution >= 0.6 is 0 Å². The minimum absolute atomic E-state index is 0.115. The topological polar surface area (TPSA) is 105 Å². The average Bonchev–Trinajstić information content (AvgIpc) is 2.61. The summed E-state index contributed by atoms with van der Waals surface area (Å²) >= 11 is 0. The number of nitrogens with zero attached hydrogens (tertiary/aromatic N) is 3. The van der Waals surface area contributed by atoms with E-state index >= 15 is 0 Å². The van der Waals surface area contributed by atoms with Crippen molar-refractivity contribution >= 4 is 27.1 Å². The van der Waals surface area contributed by atoms with E-state index in [1.807, 2.05) is 0 Å². The second-order valence-electron chi connectivity index (χ2n) is 6.58. The van der Waals surface area contributed by atoms with Gasteiger partial charge in [0, 0.05) is 30.9 Å². The third-order valence-corrected chi connectivity index (χ3v) is 6.85. The third kappa shape index (κ3) is 5.49. The highest BCUT2D eigenvalue weighted by atomic mass is 32.2. The molecule has 1 saturated carbocycles. The van der Waals surface area contributed by atoms with Gasteiger partial charge < -0.3 is 0 Å². The number of sulfonamides is 1. The van der Waals surface area contributed by atoms with E-state index in [1.165, 1.54) is 35.7 Å². The van der Waals surface area contributed by atoms with E-state index < -0.39 is 14.9 Å². The zero-order valence-electron chi connectivity index (χ0n) is 16.0. The number of anilines is 1. The molecule has 1 fully saturated rings. The van der Waals surface area contributed by atoms with Crippen LogP contribution in [0.3, 0.4) is 0 Å². The van der Waals surface area contributed by atoms with E-state index in [4.69, 9.17) is 0 Å². The molecule has 1 N–H and O–H groups in total. The Balaban J connectivity index is 2.39. The number of rotatable bonds is 7. The normalized spacial score (nSPS) is 15.9. The van der Waals surface area contributed by atoms with E-state index in [0.29, 0.717) is 0 Å². The lowest BCUT2D eigenvalue weighted by Crippen LogP contribution is -2.31. The molecule has 0 aromatic heterocycles. The van der Waals surface area contributed by atoms with Gasteiger partial charge in [-0.15, -0.1) is 0 Å². The predicted octanol–water partition coefficient (Wildman–Crippen LogP) is 4.14. The Kier molecular flexibility index (Phi) is 7.73. The Labute approximate surface area is 160 Å². The van der Waals surface area contributed by atoms with Crippen LogP contribution in [0.5, 0.6) is 0 Å². The summed E-state index contributed by atoms with van der Waals surface area (Å²) in [5.74, 6) is 0. The summed E-state index contributed by atoms with van der Waals surface area (Å²) in [6.07, 6.45) is 7.53. The lowest BCUT2D eigenvalue weighted by Gasteiger charge is -2.20. The van der Waals surface area contributed by atoms with Crippen molar-refractivity contribution in [2.24, 2.45) is 5.10 Å². The first-order valence-corrected chi connectivity index (χ1v) is 10.9. The van der Waals surface area contributed by atoms with Crippen LogP contribution < -0.4 is 5.43 Å². The molecule has 27 heavy (non-hydrogen) atoms. The molecule has 1 aromatic carbocycles. The van der Waals surface area contributed by atoms with Crippen molar-refractivity contribution in [1.29, 1.82) is 0 Å². The van der Waals surface area contributed by atoms with Gasteiger partial charge in [-0.1, -0.05) is 33.1 Å². The molecule has 1 aromatic rings. The Morgan fingerprint density at radius 2 is 1.70 bits per heavy atom. The maximum absolute atomic E-state index is 13.0. The molecule has 0 spiro atoms. The van der Waals surface area contributed by atoms with E-state index in [-0.39, 0.29) is 29.4 Å². The highest BCUT2D eigenvalue weighted by Gasteiger charge is 2.27. The quantitative estimate of drug-likeness (QED) is 0.551. The average molecular weight is 397 g/mol. The lowest BCUT2D eigenvalue weighted by molar-refractivity contribution is -0.385. The van der Waals surface area contributed by atoms with Crippen molar-refractivity contribution in [3.63, 3.8) is 0 Å². The molecule has 0 unspecified atom stereocenters. The van der Waals surface area contributed by atoms with Crippen molar-refractivity contribution in [2.45, 2.75) is 63.7 Å². The van der Waals surface area contributed by atoms with Crippen LogP contribution in [0.4, 0.5) is 11.4 Å². The standard InChI is InChI=1S/C18H28N4O4S/c1-3-21(4-2)27(25,26)18-14-16(22(23)24)12-13-17(18)20-19-15-10-8-6-5-7-9-11-15/h12-14,20H,3-11H2,1-2H3. The number of hydrogen-bond acceptors (Lipinski definition) is 6. The Bertz CT molecular complexity index is 779. The monoisotopic (exact) mass is 396 g/mol. The molecule has 0 saturated heterocycles. The summed E-state index contributed by atoms with van der Waals surface area (Å²) in [7, 11) is -3.86. The van der Waals surface area contributed by atoms with E-state index in [2.05, 4.69) is 10.5 Å². The molecule has 8 nitrogen and oxygen atoms in total. The highest BCUT2D eigenvalue weighted by Crippen LogP contribution is 2.29. The van der Waals surface area contributed by atoms with Crippen LogP contribution in [0.2, 0.25) is 0 Å². The molecule has 0 aliphatic heterocycles. The van der Waals surface area contributed by atoms with Gasteiger partial charge in [-0.05, 0) is 31.7 Å². The molecule has 1 aliphatic rings. The van der Waals surface area contributed by atoms with Crippen molar-refractivity contribution in [2.75, 3.05) is 18.5 Å². The van der Waals surface area contributed by atoms with Crippen molar-refractivity contribution in [1.82, 2.24) is 4.31 Å². The summed E-state index contributed by atoms with van der Waals surface area (Å²) in [5, 5.41) is 15.6. The Hall–Kier alpha value is -2.00. The van der Waals surface area contributed by atoms with Crippen LogP contribution in [0.1, 0.15) is 58.8 Å². The van der Waals surface area contributed by atoms with Crippen LogP contribution in [-0.4, -0.2) is 36.4 Å². The second kappa shape index (κ2) is 9.80. The number of nitro benzene ring substituents is 1. The number of non-ortho nitro benzene ring substituents is 1. The molecule has 0 radical (unpaired) electrons. The molecule has 0 heterocycles. The number of nitrogens with one attached hydrogen (secondary N) is 1. The second-order valence-corrected chi connectivity index (χ2v) is 8.49. The summed E-state index contributed by atoms with van der Waals surface area (Å²) in [5.41, 5.74) is 3.89. The zero-order valence-corrected chi connectivity index (χ0v) is 16.8. The molecule has 9 heteroatoms. The third-order valence-electron chi connectivity index (χ3n) is 4.76. The summed E-state index contributed by atoms with van der Waals surface area (Å²) in [6, 6.07) is 3.82. The fourth-order valence-corrected chi connectivity index (χ4v) is 4.82. The molecular weight excluding hydrogens is 368 g/mol. The first-order chi connectivity index (χ1) is 12.9. The summed E-state index contributed by atoms with van der Waals surface area (Å²) in [6.45, 7) is 4.05. The Morgan fingerprint density at radius 1 is 1.11 bits per heavy atom. The van der Waals surface area contributed by atoms with E-state index in [1.54, 1.807) is 13.8 Å². The van der Waals surface area contributed by atoms with Gasteiger partial charge in [-0.3, -0.25) is 15.5 Å². The predicted molar refractivity (Wildman–Crippen MR) is 107 cm³/mol. The van der Waals surface area contributed by atoms with Crippen molar-refractivity contribution in [3.8, 4) is 0 Å².